The molecular formula is C14H28N2. The van der Waals surface area contributed by atoms with E-state index in [0.29, 0.717) is 5.41 Å². The van der Waals surface area contributed by atoms with Gasteiger partial charge in [-0.15, -0.1) is 0 Å². The monoisotopic (exact) mass is 224 g/mol. The summed E-state index contributed by atoms with van der Waals surface area (Å²) in [6, 6.07) is 2.50. The highest BCUT2D eigenvalue weighted by molar-refractivity contribution is 4.96. The minimum absolute atomic E-state index is 0.461. The van der Waals surface area contributed by atoms with Crippen LogP contribution in [0.4, 0.5) is 0 Å². The Morgan fingerprint density at radius 3 is 2.25 bits per heavy atom. The molecule has 2 aliphatic heterocycles. The lowest BCUT2D eigenvalue weighted by Gasteiger charge is -2.38. The number of rotatable bonds is 4. The highest BCUT2D eigenvalue weighted by Crippen LogP contribution is 2.34. The van der Waals surface area contributed by atoms with Crippen LogP contribution in [0.25, 0.3) is 0 Å². The molecule has 2 bridgehead atoms. The summed E-state index contributed by atoms with van der Waals surface area (Å²) in [6.07, 6.45) is 6.85. The van der Waals surface area contributed by atoms with E-state index in [1.807, 2.05) is 0 Å². The first kappa shape index (κ1) is 12.4. The summed E-state index contributed by atoms with van der Waals surface area (Å²) in [7, 11) is 2.31. The van der Waals surface area contributed by atoms with Gasteiger partial charge in [0.15, 0.2) is 0 Å². The summed E-state index contributed by atoms with van der Waals surface area (Å²) in [4.78, 5) is 2.61. The lowest BCUT2D eigenvalue weighted by atomic mass is 9.89. The molecule has 0 radical (unpaired) electrons. The van der Waals surface area contributed by atoms with Crippen molar-refractivity contribution in [3.05, 3.63) is 0 Å². The van der Waals surface area contributed by atoms with E-state index in [4.69, 9.17) is 0 Å². The second kappa shape index (κ2) is 4.66. The normalized spacial score (nSPS) is 35.6. The number of fused-ring (bicyclic) bond motifs is 2. The van der Waals surface area contributed by atoms with Gasteiger partial charge in [-0.2, -0.15) is 0 Å². The molecule has 0 aromatic heterocycles. The van der Waals surface area contributed by atoms with E-state index >= 15 is 0 Å². The topological polar surface area (TPSA) is 15.3 Å². The maximum Gasteiger partial charge on any atom is 0.0111 e. The molecule has 2 heteroatoms. The first-order chi connectivity index (χ1) is 7.52. The van der Waals surface area contributed by atoms with E-state index in [-0.39, 0.29) is 0 Å². The number of hydrogen-bond donors (Lipinski definition) is 1. The van der Waals surface area contributed by atoms with Gasteiger partial charge in [-0.1, -0.05) is 20.8 Å². The highest BCUT2D eigenvalue weighted by atomic mass is 15.2. The highest BCUT2D eigenvalue weighted by Gasteiger charge is 2.38. The van der Waals surface area contributed by atoms with E-state index in [2.05, 4.69) is 38.0 Å². The van der Waals surface area contributed by atoms with Crippen LogP contribution < -0.4 is 5.32 Å². The number of nitrogens with one attached hydrogen (secondary N) is 1. The van der Waals surface area contributed by atoms with Crippen LogP contribution in [0.5, 0.6) is 0 Å². The molecule has 2 saturated heterocycles. The van der Waals surface area contributed by atoms with Gasteiger partial charge in [0.05, 0.1) is 0 Å². The molecule has 94 valence electrons. The van der Waals surface area contributed by atoms with Crippen LogP contribution in [0.1, 0.15) is 52.9 Å². The fourth-order valence-electron chi connectivity index (χ4n) is 3.12. The second-order valence-corrected chi connectivity index (χ2v) is 6.62. The van der Waals surface area contributed by atoms with Crippen molar-refractivity contribution in [2.24, 2.45) is 5.41 Å². The zero-order chi connectivity index (χ0) is 11.8. The third-order valence-corrected chi connectivity index (χ3v) is 4.92. The lowest BCUT2D eigenvalue weighted by Crippen LogP contribution is -2.48. The van der Waals surface area contributed by atoms with Crippen LogP contribution in [0.3, 0.4) is 0 Å². The van der Waals surface area contributed by atoms with Crippen LogP contribution >= 0.6 is 0 Å². The van der Waals surface area contributed by atoms with Gasteiger partial charge in [0.2, 0.25) is 0 Å². The Labute approximate surface area is 101 Å². The van der Waals surface area contributed by atoms with Crippen LogP contribution in [-0.4, -0.2) is 36.6 Å². The van der Waals surface area contributed by atoms with E-state index in [0.717, 1.165) is 18.1 Å². The minimum atomic E-state index is 0.461. The molecule has 0 aliphatic carbocycles. The van der Waals surface area contributed by atoms with E-state index in [9.17, 15) is 0 Å². The van der Waals surface area contributed by atoms with Gasteiger partial charge in [0, 0.05) is 24.7 Å². The van der Waals surface area contributed by atoms with E-state index in [1.165, 1.54) is 38.6 Å². The van der Waals surface area contributed by atoms with Gasteiger partial charge >= 0.3 is 0 Å². The molecular weight excluding hydrogens is 196 g/mol. The van der Waals surface area contributed by atoms with E-state index in [1.54, 1.807) is 0 Å². The van der Waals surface area contributed by atoms with Crippen molar-refractivity contribution in [1.29, 1.82) is 0 Å². The van der Waals surface area contributed by atoms with E-state index < -0.39 is 0 Å². The van der Waals surface area contributed by atoms with Crippen molar-refractivity contribution in [1.82, 2.24) is 10.2 Å². The second-order valence-electron chi connectivity index (χ2n) is 6.62. The fourth-order valence-corrected chi connectivity index (χ4v) is 3.12. The standard InChI is InChI=1S/C14H28N2/c1-5-14(2,3)10-15-11-8-12-6-7-13(9-11)16(12)4/h11-13,15H,5-10H2,1-4H3. The Bertz CT molecular complexity index is 223. The molecule has 1 N–H and O–H groups in total. The largest absolute Gasteiger partial charge is 0.313 e. The van der Waals surface area contributed by atoms with Crippen LogP contribution in [0, 0.1) is 5.41 Å². The van der Waals surface area contributed by atoms with Crippen molar-refractivity contribution in [3.63, 3.8) is 0 Å². The molecule has 0 spiro atoms. The van der Waals surface area contributed by atoms with Crippen LogP contribution in [0.15, 0.2) is 0 Å². The molecule has 2 heterocycles. The first-order valence-corrected chi connectivity index (χ1v) is 6.97. The zero-order valence-corrected chi connectivity index (χ0v) is 11.4. The van der Waals surface area contributed by atoms with Crippen molar-refractivity contribution in [3.8, 4) is 0 Å². The predicted molar refractivity (Wildman–Crippen MR) is 69.7 cm³/mol. The Balaban J connectivity index is 1.81. The summed E-state index contributed by atoms with van der Waals surface area (Å²) in [5, 5.41) is 3.81. The molecule has 0 amide bonds. The molecule has 2 atom stereocenters. The van der Waals surface area contributed by atoms with Gasteiger partial charge in [-0.25, -0.2) is 0 Å². The number of nitrogens with zero attached hydrogens (tertiary/aromatic N) is 1. The average molecular weight is 224 g/mol. The van der Waals surface area contributed by atoms with Crippen LogP contribution in [-0.2, 0) is 0 Å². The molecule has 2 rings (SSSR count). The number of piperidine rings is 1. The lowest BCUT2D eigenvalue weighted by molar-refractivity contribution is 0.141. The molecule has 2 fully saturated rings. The summed E-state index contributed by atoms with van der Waals surface area (Å²) in [6.45, 7) is 8.20. The molecule has 2 nitrogen and oxygen atoms in total. The third-order valence-electron chi connectivity index (χ3n) is 4.92. The van der Waals surface area contributed by atoms with Gasteiger partial charge in [0.25, 0.3) is 0 Å². The SMILES string of the molecule is CCC(C)(C)CNC1CC2CCC(C1)N2C. The summed E-state index contributed by atoms with van der Waals surface area (Å²) < 4.78 is 0. The predicted octanol–water partition coefficient (Wildman–Crippen LogP) is 2.64. The van der Waals surface area contributed by atoms with Crippen molar-refractivity contribution >= 4 is 0 Å². The smallest absolute Gasteiger partial charge is 0.0111 e. The molecule has 2 unspecified atom stereocenters. The third kappa shape index (κ3) is 2.60. The van der Waals surface area contributed by atoms with Gasteiger partial charge in [-0.05, 0) is 44.6 Å². The summed E-state index contributed by atoms with van der Waals surface area (Å²) in [5.74, 6) is 0. The average Bonchev–Trinajstić information content (AvgIpc) is 2.51. The fraction of sp³-hybridized carbons (Fsp3) is 1.00. The molecule has 2 aliphatic rings. The minimum Gasteiger partial charge on any atom is -0.313 e. The first-order valence-electron chi connectivity index (χ1n) is 6.97. The Morgan fingerprint density at radius 2 is 1.75 bits per heavy atom. The van der Waals surface area contributed by atoms with Gasteiger partial charge < -0.3 is 10.2 Å². The number of hydrogen-bond acceptors (Lipinski definition) is 2. The quantitative estimate of drug-likeness (QED) is 0.790. The molecule has 0 aromatic carbocycles. The van der Waals surface area contributed by atoms with Crippen molar-refractivity contribution < 1.29 is 0 Å². The van der Waals surface area contributed by atoms with Crippen LogP contribution in [0.2, 0.25) is 0 Å². The maximum atomic E-state index is 3.81. The van der Waals surface area contributed by atoms with Crippen molar-refractivity contribution in [2.75, 3.05) is 13.6 Å². The Morgan fingerprint density at radius 1 is 1.19 bits per heavy atom. The Kier molecular flexibility index (Phi) is 3.60. The summed E-state index contributed by atoms with van der Waals surface area (Å²) >= 11 is 0. The summed E-state index contributed by atoms with van der Waals surface area (Å²) in [5.41, 5.74) is 0.461. The zero-order valence-electron chi connectivity index (χ0n) is 11.4. The maximum absolute atomic E-state index is 3.81. The van der Waals surface area contributed by atoms with Gasteiger partial charge in [0.1, 0.15) is 0 Å². The van der Waals surface area contributed by atoms with Gasteiger partial charge in [-0.3, -0.25) is 0 Å². The molecule has 0 saturated carbocycles. The molecule has 0 aromatic rings. The van der Waals surface area contributed by atoms with Crippen molar-refractivity contribution in [2.45, 2.75) is 71.0 Å². The Hall–Kier alpha value is -0.0800. The molecule has 16 heavy (non-hydrogen) atoms.